The van der Waals surface area contributed by atoms with E-state index in [2.05, 4.69) is 21.4 Å². The Labute approximate surface area is 173 Å². The van der Waals surface area contributed by atoms with Gasteiger partial charge in [-0.3, -0.25) is 10.3 Å². The average molecular weight is 404 g/mol. The van der Waals surface area contributed by atoms with Crippen LogP contribution in [-0.4, -0.2) is 34.0 Å². The number of carbonyl (C=O) groups is 1. The second-order valence-electron chi connectivity index (χ2n) is 6.56. The van der Waals surface area contributed by atoms with Gasteiger partial charge in [0.05, 0.1) is 10.2 Å². The molecule has 0 spiro atoms. The molecule has 3 N–H and O–H groups in total. The largest absolute Gasteiger partial charge is 0.329 e. The highest BCUT2D eigenvalue weighted by molar-refractivity contribution is 7.22. The van der Waals surface area contributed by atoms with Crippen molar-refractivity contribution in [3.8, 4) is 11.1 Å². The molecular weight excluding hydrogens is 382 g/mol. The number of nitrogens with zero attached hydrogens (tertiary/aromatic N) is 3. The molecule has 0 saturated carbocycles. The van der Waals surface area contributed by atoms with Gasteiger partial charge < -0.3 is 10.6 Å². The maximum absolute atomic E-state index is 12.8. The molecule has 0 unspecified atom stereocenters. The third-order valence-corrected chi connectivity index (χ3v) is 5.45. The fourth-order valence-electron chi connectivity index (χ4n) is 3.08. The molecular formula is C22H21N5OS. The highest BCUT2D eigenvalue weighted by Gasteiger charge is 2.16. The molecule has 4 rings (SSSR count). The van der Waals surface area contributed by atoms with Crippen molar-refractivity contribution in [2.75, 3.05) is 18.4 Å². The third kappa shape index (κ3) is 4.59. The summed E-state index contributed by atoms with van der Waals surface area (Å²) in [5.41, 5.74) is 9.81. The van der Waals surface area contributed by atoms with Crippen LogP contribution in [0.15, 0.2) is 73.1 Å². The summed E-state index contributed by atoms with van der Waals surface area (Å²) in [6.45, 7) is 1.37. The number of hydrogen-bond donors (Lipinski definition) is 2. The lowest BCUT2D eigenvalue weighted by Crippen LogP contribution is -2.37. The molecule has 0 atom stereocenters. The molecule has 0 aliphatic heterocycles. The molecule has 2 aromatic carbocycles. The molecule has 4 aromatic rings. The summed E-state index contributed by atoms with van der Waals surface area (Å²) in [4.78, 5) is 23.1. The number of nitrogens with one attached hydrogen (secondary N) is 1. The molecule has 2 heterocycles. The van der Waals surface area contributed by atoms with Crippen LogP contribution in [0.4, 0.5) is 9.93 Å². The van der Waals surface area contributed by atoms with Gasteiger partial charge in [-0.25, -0.2) is 9.78 Å². The molecule has 0 aliphatic rings. The van der Waals surface area contributed by atoms with Crippen molar-refractivity contribution in [2.45, 2.75) is 6.54 Å². The zero-order valence-electron chi connectivity index (χ0n) is 15.8. The van der Waals surface area contributed by atoms with Gasteiger partial charge in [-0.1, -0.05) is 47.7 Å². The van der Waals surface area contributed by atoms with Gasteiger partial charge in [-0.2, -0.15) is 0 Å². The predicted octanol–water partition coefficient (Wildman–Crippen LogP) is 4.35. The van der Waals surface area contributed by atoms with E-state index in [0.29, 0.717) is 24.8 Å². The Morgan fingerprint density at radius 2 is 1.83 bits per heavy atom. The van der Waals surface area contributed by atoms with E-state index in [1.807, 2.05) is 54.6 Å². The Bertz CT molecular complexity index is 1100. The van der Waals surface area contributed by atoms with Gasteiger partial charge in [-0.05, 0) is 41.0 Å². The molecule has 2 aromatic heterocycles. The Kier molecular flexibility index (Phi) is 5.79. The minimum Gasteiger partial charge on any atom is -0.329 e. The number of thiazole rings is 1. The van der Waals surface area contributed by atoms with E-state index in [9.17, 15) is 4.79 Å². The second-order valence-corrected chi connectivity index (χ2v) is 7.59. The topological polar surface area (TPSA) is 84.1 Å². The fraction of sp³-hybridized carbons (Fsp3) is 0.136. The standard InChI is InChI=1S/C22H21N5OS/c23-10-13-27(15-16-4-2-1-3-5-16)22(28)26-21-25-19-7-6-18(14-20(19)29-21)17-8-11-24-12-9-17/h1-9,11-12,14H,10,13,15,23H2,(H,25,26,28). The molecule has 29 heavy (non-hydrogen) atoms. The van der Waals surface area contributed by atoms with Crippen LogP contribution in [0.2, 0.25) is 0 Å². The van der Waals surface area contributed by atoms with Crippen LogP contribution in [0.5, 0.6) is 0 Å². The minimum atomic E-state index is -0.201. The molecule has 0 fully saturated rings. The Hall–Kier alpha value is -3.29. The summed E-state index contributed by atoms with van der Waals surface area (Å²) in [6, 6.07) is 19.7. The number of nitrogens with two attached hydrogens (primary N) is 1. The molecule has 7 heteroatoms. The van der Waals surface area contributed by atoms with Crippen molar-refractivity contribution in [3.63, 3.8) is 0 Å². The van der Waals surface area contributed by atoms with Crippen molar-refractivity contribution in [2.24, 2.45) is 5.73 Å². The van der Waals surface area contributed by atoms with Crippen molar-refractivity contribution >= 4 is 32.7 Å². The number of pyridine rings is 1. The number of aromatic nitrogens is 2. The number of fused-ring (bicyclic) bond motifs is 1. The van der Waals surface area contributed by atoms with E-state index < -0.39 is 0 Å². The number of hydrogen-bond acceptors (Lipinski definition) is 5. The normalized spacial score (nSPS) is 10.8. The van der Waals surface area contributed by atoms with Crippen LogP contribution in [-0.2, 0) is 6.54 Å². The first-order chi connectivity index (χ1) is 14.2. The van der Waals surface area contributed by atoms with Crippen LogP contribution < -0.4 is 11.1 Å². The maximum Gasteiger partial charge on any atom is 0.323 e. The molecule has 0 aliphatic carbocycles. The van der Waals surface area contributed by atoms with E-state index in [0.717, 1.165) is 26.9 Å². The van der Waals surface area contributed by atoms with Gasteiger partial charge >= 0.3 is 6.03 Å². The lowest BCUT2D eigenvalue weighted by molar-refractivity contribution is 0.210. The first-order valence-corrected chi connectivity index (χ1v) is 10.2. The molecule has 6 nitrogen and oxygen atoms in total. The lowest BCUT2D eigenvalue weighted by Gasteiger charge is -2.21. The van der Waals surface area contributed by atoms with E-state index in [4.69, 9.17) is 5.73 Å². The van der Waals surface area contributed by atoms with Crippen LogP contribution in [0.25, 0.3) is 21.3 Å². The van der Waals surface area contributed by atoms with Crippen LogP contribution >= 0.6 is 11.3 Å². The number of urea groups is 1. The summed E-state index contributed by atoms with van der Waals surface area (Å²) in [5.74, 6) is 0. The average Bonchev–Trinajstić information content (AvgIpc) is 3.16. The number of amides is 2. The van der Waals surface area contributed by atoms with Crippen LogP contribution in [0, 0.1) is 0 Å². The van der Waals surface area contributed by atoms with Crippen molar-refractivity contribution in [3.05, 3.63) is 78.6 Å². The zero-order valence-corrected chi connectivity index (χ0v) is 16.6. The Balaban J connectivity index is 1.52. The number of benzene rings is 2. The number of anilines is 1. The smallest absolute Gasteiger partial charge is 0.323 e. The summed E-state index contributed by atoms with van der Waals surface area (Å²) in [7, 11) is 0. The van der Waals surface area contributed by atoms with Gasteiger partial charge in [0.2, 0.25) is 0 Å². The van der Waals surface area contributed by atoms with E-state index in [-0.39, 0.29) is 6.03 Å². The van der Waals surface area contributed by atoms with Crippen molar-refractivity contribution < 1.29 is 4.79 Å². The van der Waals surface area contributed by atoms with Crippen LogP contribution in [0.3, 0.4) is 0 Å². The van der Waals surface area contributed by atoms with Gasteiger partial charge in [0.1, 0.15) is 0 Å². The van der Waals surface area contributed by atoms with Gasteiger partial charge in [-0.15, -0.1) is 0 Å². The van der Waals surface area contributed by atoms with Crippen molar-refractivity contribution in [1.82, 2.24) is 14.9 Å². The predicted molar refractivity (Wildman–Crippen MR) is 118 cm³/mol. The lowest BCUT2D eigenvalue weighted by atomic mass is 10.1. The summed E-state index contributed by atoms with van der Waals surface area (Å²) in [5, 5.41) is 3.50. The second kappa shape index (κ2) is 8.81. The molecule has 0 bridgehead atoms. The molecule has 146 valence electrons. The summed E-state index contributed by atoms with van der Waals surface area (Å²) >= 11 is 1.46. The van der Waals surface area contributed by atoms with Gasteiger partial charge in [0.25, 0.3) is 0 Å². The van der Waals surface area contributed by atoms with Gasteiger partial charge in [0.15, 0.2) is 5.13 Å². The monoisotopic (exact) mass is 403 g/mol. The quantitative estimate of drug-likeness (QED) is 0.501. The molecule has 2 amide bonds. The van der Waals surface area contributed by atoms with Crippen LogP contribution in [0.1, 0.15) is 5.56 Å². The van der Waals surface area contributed by atoms with Gasteiger partial charge in [0, 0.05) is 32.0 Å². The van der Waals surface area contributed by atoms with Crippen molar-refractivity contribution in [1.29, 1.82) is 0 Å². The first kappa shape index (κ1) is 19.0. The SMILES string of the molecule is NCCN(Cc1ccccc1)C(=O)Nc1nc2ccc(-c3ccncc3)cc2s1. The number of rotatable bonds is 6. The van der Waals surface area contributed by atoms with E-state index >= 15 is 0 Å². The highest BCUT2D eigenvalue weighted by atomic mass is 32.1. The fourth-order valence-corrected chi connectivity index (χ4v) is 3.98. The number of carbonyl (C=O) groups excluding carboxylic acids is 1. The highest BCUT2D eigenvalue weighted by Crippen LogP contribution is 2.30. The van der Waals surface area contributed by atoms with E-state index in [1.54, 1.807) is 17.3 Å². The Morgan fingerprint density at radius 3 is 2.59 bits per heavy atom. The third-order valence-electron chi connectivity index (χ3n) is 4.52. The molecule has 0 saturated heterocycles. The summed E-state index contributed by atoms with van der Waals surface area (Å²) in [6.07, 6.45) is 3.55. The van der Waals surface area contributed by atoms with E-state index in [1.165, 1.54) is 11.3 Å². The minimum absolute atomic E-state index is 0.201. The first-order valence-electron chi connectivity index (χ1n) is 9.34. The maximum atomic E-state index is 12.8. The molecule has 0 radical (unpaired) electrons. The summed E-state index contributed by atoms with van der Waals surface area (Å²) < 4.78 is 1.02. The Morgan fingerprint density at radius 1 is 1.03 bits per heavy atom. The zero-order chi connectivity index (χ0) is 20.1.